The number of hydrogen-bond donors (Lipinski definition) is 5. The third kappa shape index (κ3) is 4.45. The van der Waals surface area contributed by atoms with E-state index in [0.29, 0.717) is 30.0 Å². The van der Waals surface area contributed by atoms with E-state index in [9.17, 15) is 14.4 Å². The first-order valence-corrected chi connectivity index (χ1v) is 10.7. The zero-order valence-electron chi connectivity index (χ0n) is 18.0. The molecule has 3 amide bonds. The number of ether oxygens (including phenoxy) is 1. The number of fused-ring (bicyclic) bond motifs is 1. The van der Waals surface area contributed by atoms with Gasteiger partial charge in [0, 0.05) is 37.5 Å². The number of hydrazine groups is 1. The van der Waals surface area contributed by atoms with Gasteiger partial charge in [0.25, 0.3) is 5.91 Å². The molecule has 5 N–H and O–H groups in total. The Morgan fingerprint density at radius 1 is 1.29 bits per heavy atom. The lowest BCUT2D eigenvalue weighted by molar-refractivity contribution is -0.131. The van der Waals surface area contributed by atoms with Gasteiger partial charge in [-0.15, -0.1) is 0 Å². The maximum Gasteiger partial charge on any atom is 0.251 e. The van der Waals surface area contributed by atoms with Crippen LogP contribution in [0.4, 0.5) is 5.69 Å². The number of amides is 3. The van der Waals surface area contributed by atoms with Crippen LogP contribution in [0.2, 0.25) is 0 Å². The summed E-state index contributed by atoms with van der Waals surface area (Å²) < 4.78 is 5.51. The molecule has 2 heterocycles. The lowest BCUT2D eigenvalue weighted by Crippen LogP contribution is -2.63. The number of carbonyl (C=O) groups is 3. The van der Waals surface area contributed by atoms with Crippen molar-refractivity contribution in [3.8, 4) is 5.75 Å². The van der Waals surface area contributed by atoms with E-state index in [2.05, 4.69) is 26.7 Å². The maximum absolute atomic E-state index is 12.8. The number of hydrogen-bond acceptors (Lipinski definition) is 7. The predicted molar refractivity (Wildman–Crippen MR) is 114 cm³/mol. The smallest absolute Gasteiger partial charge is 0.251 e. The van der Waals surface area contributed by atoms with Gasteiger partial charge in [-0.05, 0) is 38.0 Å². The lowest BCUT2D eigenvalue weighted by Gasteiger charge is -2.38. The minimum Gasteiger partial charge on any atom is -0.495 e. The molecule has 2 aliphatic heterocycles. The van der Waals surface area contributed by atoms with Crippen molar-refractivity contribution in [1.82, 2.24) is 26.4 Å². The number of nitrogens with one attached hydrogen (secondary N) is 5. The normalized spacial score (nSPS) is 27.5. The summed E-state index contributed by atoms with van der Waals surface area (Å²) in [5.74, 6) is 0.120. The van der Waals surface area contributed by atoms with Crippen molar-refractivity contribution in [2.75, 3.05) is 26.0 Å². The van der Waals surface area contributed by atoms with Crippen molar-refractivity contribution < 1.29 is 19.1 Å². The van der Waals surface area contributed by atoms with Crippen LogP contribution in [-0.4, -0.2) is 61.8 Å². The molecular weight excluding hydrogens is 400 g/mol. The molecule has 1 aromatic rings. The molecule has 3 fully saturated rings. The summed E-state index contributed by atoms with van der Waals surface area (Å²) >= 11 is 0. The molecule has 0 spiro atoms. The second-order valence-electron chi connectivity index (χ2n) is 8.29. The summed E-state index contributed by atoms with van der Waals surface area (Å²) in [6.45, 7) is 2.40. The first-order chi connectivity index (χ1) is 14.9. The Bertz CT molecular complexity index is 873. The topological polar surface area (TPSA) is 124 Å². The lowest BCUT2D eigenvalue weighted by atomic mass is 9.88. The van der Waals surface area contributed by atoms with Gasteiger partial charge in [-0.3, -0.25) is 24.7 Å². The number of rotatable bonds is 7. The number of methoxy groups -OCH3 is 1. The van der Waals surface area contributed by atoms with Gasteiger partial charge in [0.05, 0.1) is 31.0 Å². The Morgan fingerprint density at radius 3 is 2.74 bits per heavy atom. The molecule has 4 unspecified atom stereocenters. The van der Waals surface area contributed by atoms with Crippen molar-refractivity contribution >= 4 is 23.4 Å². The summed E-state index contributed by atoms with van der Waals surface area (Å²) in [4.78, 5) is 37.2. The standard InChI is InChI=1S/C21H30N6O4/c1-4-22-19(28)12-7-8-13(15(9-12)31-3)23-14-10-16(25-20(29)11-5-6-11)24-18-17(14)21(30)27(2)26-18/h7-9,11,14,16-18,23-24,26H,4-6,10H2,1-3H3,(H,22,28)(H,25,29). The zero-order valence-corrected chi connectivity index (χ0v) is 18.0. The Hall–Kier alpha value is -2.85. The molecule has 4 rings (SSSR count). The highest BCUT2D eigenvalue weighted by atomic mass is 16.5. The highest BCUT2D eigenvalue weighted by Gasteiger charge is 2.49. The summed E-state index contributed by atoms with van der Waals surface area (Å²) in [5, 5.41) is 14.1. The summed E-state index contributed by atoms with van der Waals surface area (Å²) in [6.07, 6.45) is 1.83. The fraction of sp³-hybridized carbons (Fsp3) is 0.571. The van der Waals surface area contributed by atoms with Crippen LogP contribution >= 0.6 is 0 Å². The number of piperidine rings is 1. The summed E-state index contributed by atoms with van der Waals surface area (Å²) in [5.41, 5.74) is 4.32. The van der Waals surface area contributed by atoms with Crippen LogP contribution in [0.1, 0.15) is 36.5 Å². The van der Waals surface area contributed by atoms with Crippen molar-refractivity contribution in [3.63, 3.8) is 0 Å². The van der Waals surface area contributed by atoms with E-state index < -0.39 is 0 Å². The first-order valence-electron chi connectivity index (χ1n) is 10.7. The van der Waals surface area contributed by atoms with E-state index in [1.165, 1.54) is 5.01 Å². The molecule has 3 aliphatic rings. The Balaban J connectivity index is 1.54. The van der Waals surface area contributed by atoms with Gasteiger partial charge in [-0.2, -0.15) is 0 Å². The Morgan fingerprint density at radius 2 is 2.06 bits per heavy atom. The second-order valence-corrected chi connectivity index (χ2v) is 8.29. The van der Waals surface area contributed by atoms with Crippen LogP contribution in [0.25, 0.3) is 0 Å². The average Bonchev–Trinajstić information content (AvgIpc) is 3.55. The summed E-state index contributed by atoms with van der Waals surface area (Å²) in [7, 11) is 3.24. The van der Waals surface area contributed by atoms with Crippen LogP contribution in [0.3, 0.4) is 0 Å². The zero-order chi connectivity index (χ0) is 22.1. The van der Waals surface area contributed by atoms with Crippen molar-refractivity contribution in [2.45, 2.75) is 44.6 Å². The molecule has 4 atom stereocenters. The van der Waals surface area contributed by atoms with E-state index in [-0.39, 0.29) is 47.9 Å². The third-order valence-corrected chi connectivity index (χ3v) is 6.02. The van der Waals surface area contributed by atoms with E-state index in [1.807, 2.05) is 6.92 Å². The van der Waals surface area contributed by atoms with E-state index in [0.717, 1.165) is 12.8 Å². The molecule has 1 saturated carbocycles. The highest BCUT2D eigenvalue weighted by Crippen LogP contribution is 2.33. The molecule has 1 aromatic carbocycles. The van der Waals surface area contributed by atoms with E-state index in [1.54, 1.807) is 32.4 Å². The van der Waals surface area contributed by atoms with Crippen LogP contribution < -0.4 is 31.4 Å². The quantitative estimate of drug-likeness (QED) is 0.412. The van der Waals surface area contributed by atoms with Crippen LogP contribution in [0.5, 0.6) is 5.75 Å². The van der Waals surface area contributed by atoms with Crippen LogP contribution in [-0.2, 0) is 9.59 Å². The average molecular weight is 431 g/mol. The van der Waals surface area contributed by atoms with Gasteiger partial charge in [0.15, 0.2) is 0 Å². The SMILES string of the molecule is CCNC(=O)c1ccc(NC2CC(NC(=O)C3CC3)NC3NN(C)C(=O)C23)c(OC)c1. The second kappa shape index (κ2) is 8.72. The molecule has 2 saturated heterocycles. The first kappa shape index (κ1) is 21.4. The Kier molecular flexibility index (Phi) is 6.01. The fourth-order valence-electron chi connectivity index (χ4n) is 4.25. The van der Waals surface area contributed by atoms with Gasteiger partial charge in [0.2, 0.25) is 11.8 Å². The number of anilines is 1. The molecule has 31 heavy (non-hydrogen) atoms. The monoisotopic (exact) mass is 430 g/mol. The largest absolute Gasteiger partial charge is 0.495 e. The van der Waals surface area contributed by atoms with Gasteiger partial charge >= 0.3 is 0 Å². The summed E-state index contributed by atoms with van der Waals surface area (Å²) in [6, 6.07) is 4.94. The van der Waals surface area contributed by atoms with Gasteiger partial charge in [-0.1, -0.05) is 0 Å². The number of nitrogens with zero attached hydrogens (tertiary/aromatic N) is 1. The van der Waals surface area contributed by atoms with Crippen molar-refractivity contribution in [3.05, 3.63) is 23.8 Å². The fourth-order valence-corrected chi connectivity index (χ4v) is 4.25. The minimum absolute atomic E-state index is 0.0279. The van der Waals surface area contributed by atoms with Crippen molar-refractivity contribution in [2.24, 2.45) is 11.8 Å². The molecule has 0 aromatic heterocycles. The number of carbonyl (C=O) groups excluding carboxylic acids is 3. The molecule has 10 heteroatoms. The van der Waals surface area contributed by atoms with Crippen molar-refractivity contribution in [1.29, 1.82) is 0 Å². The minimum atomic E-state index is -0.355. The molecule has 0 radical (unpaired) electrons. The van der Waals surface area contributed by atoms with Gasteiger partial charge in [0.1, 0.15) is 5.75 Å². The predicted octanol–water partition coefficient (Wildman–Crippen LogP) is -0.0101. The maximum atomic E-state index is 12.8. The highest BCUT2D eigenvalue weighted by molar-refractivity contribution is 5.95. The molecule has 168 valence electrons. The molecule has 10 nitrogen and oxygen atoms in total. The molecule has 0 bridgehead atoms. The van der Waals surface area contributed by atoms with E-state index in [4.69, 9.17) is 4.74 Å². The van der Waals surface area contributed by atoms with Gasteiger partial charge < -0.3 is 20.7 Å². The Labute approximate surface area is 181 Å². The van der Waals surface area contributed by atoms with Crippen LogP contribution in [0.15, 0.2) is 18.2 Å². The van der Waals surface area contributed by atoms with Gasteiger partial charge in [-0.25, -0.2) is 5.43 Å². The van der Waals surface area contributed by atoms with E-state index >= 15 is 0 Å². The molecular formula is C21H30N6O4. The third-order valence-electron chi connectivity index (χ3n) is 6.02. The number of benzene rings is 1. The molecule has 1 aliphatic carbocycles. The van der Waals surface area contributed by atoms with Crippen LogP contribution in [0, 0.1) is 11.8 Å².